The molecule has 2 heterocycles. The zero-order valence-corrected chi connectivity index (χ0v) is 11.9. The number of aromatic nitrogens is 2. The molecule has 104 valence electrons. The Morgan fingerprint density at radius 2 is 2.32 bits per heavy atom. The molecule has 1 aromatic heterocycles. The zero-order valence-electron chi connectivity index (χ0n) is 11.9. The highest BCUT2D eigenvalue weighted by Gasteiger charge is 2.25. The molecule has 5 nitrogen and oxygen atoms in total. The molecule has 0 radical (unpaired) electrons. The second-order valence-electron chi connectivity index (χ2n) is 5.43. The number of carbonyl (C=O) groups excluding carboxylic acids is 1. The summed E-state index contributed by atoms with van der Waals surface area (Å²) in [6, 6.07) is 2.06. The smallest absolute Gasteiger partial charge is 0.220 e. The average Bonchev–Trinajstić information content (AvgIpc) is 2.87. The molecule has 0 saturated carbocycles. The summed E-state index contributed by atoms with van der Waals surface area (Å²) < 4.78 is 0. The highest BCUT2D eigenvalue weighted by atomic mass is 16.1. The summed E-state index contributed by atoms with van der Waals surface area (Å²) in [4.78, 5) is 22.3. The van der Waals surface area contributed by atoms with Crippen LogP contribution in [-0.4, -0.2) is 36.0 Å². The van der Waals surface area contributed by atoms with E-state index in [1.807, 2.05) is 0 Å². The molecule has 1 N–H and O–H groups in total. The molecule has 1 aliphatic rings. The minimum absolute atomic E-state index is 0.123. The van der Waals surface area contributed by atoms with Crippen molar-refractivity contribution in [2.45, 2.75) is 32.6 Å². The van der Waals surface area contributed by atoms with E-state index in [4.69, 9.17) is 0 Å². The van der Waals surface area contributed by atoms with E-state index < -0.39 is 0 Å². The molecule has 5 heteroatoms. The maximum absolute atomic E-state index is 11.4. The number of amides is 1. The van der Waals surface area contributed by atoms with Gasteiger partial charge in [-0.2, -0.15) is 0 Å². The third-order valence-electron chi connectivity index (χ3n) is 3.63. The summed E-state index contributed by atoms with van der Waals surface area (Å²) in [5.41, 5.74) is 1.07. The summed E-state index contributed by atoms with van der Waals surface area (Å²) in [7, 11) is 1.69. The van der Waals surface area contributed by atoms with Gasteiger partial charge in [-0.25, -0.2) is 9.97 Å². The van der Waals surface area contributed by atoms with Crippen LogP contribution in [0.15, 0.2) is 12.4 Å². The van der Waals surface area contributed by atoms with Crippen molar-refractivity contribution in [1.29, 1.82) is 0 Å². The van der Waals surface area contributed by atoms with Crippen molar-refractivity contribution in [3.05, 3.63) is 18.1 Å². The van der Waals surface area contributed by atoms with Crippen LogP contribution in [0.3, 0.4) is 0 Å². The van der Waals surface area contributed by atoms with E-state index in [1.54, 1.807) is 13.4 Å². The van der Waals surface area contributed by atoms with Gasteiger partial charge in [0.15, 0.2) is 0 Å². The van der Waals surface area contributed by atoms with Gasteiger partial charge in [0.25, 0.3) is 0 Å². The average molecular weight is 262 g/mol. The van der Waals surface area contributed by atoms with Crippen LogP contribution in [0.1, 0.15) is 38.3 Å². The van der Waals surface area contributed by atoms with Crippen LogP contribution >= 0.6 is 0 Å². The van der Waals surface area contributed by atoms with E-state index >= 15 is 0 Å². The fourth-order valence-corrected chi connectivity index (χ4v) is 2.42. The van der Waals surface area contributed by atoms with Crippen LogP contribution in [0.5, 0.6) is 0 Å². The normalized spacial score (nSPS) is 18.9. The summed E-state index contributed by atoms with van der Waals surface area (Å²) in [6.45, 7) is 6.13. The van der Waals surface area contributed by atoms with Gasteiger partial charge in [0.2, 0.25) is 5.91 Å². The Kier molecular flexibility index (Phi) is 4.35. The molecule has 0 spiro atoms. The summed E-state index contributed by atoms with van der Waals surface area (Å²) in [5, 5.41) is 2.69. The van der Waals surface area contributed by atoms with Crippen LogP contribution in [0.25, 0.3) is 0 Å². The molecule has 2 rings (SSSR count). The van der Waals surface area contributed by atoms with E-state index in [1.165, 1.54) is 0 Å². The molecule has 19 heavy (non-hydrogen) atoms. The molecule has 1 unspecified atom stereocenters. The molecule has 1 aromatic rings. The molecule has 1 aliphatic heterocycles. The van der Waals surface area contributed by atoms with Crippen LogP contribution < -0.4 is 10.2 Å². The zero-order chi connectivity index (χ0) is 13.8. The standard InChI is InChI=1S/C14H22N4O/c1-10(2)12-7-13(17-9-16-12)18-5-4-11(8-18)6-14(19)15-3/h7,9-11H,4-6,8H2,1-3H3,(H,15,19). The van der Waals surface area contributed by atoms with Crippen LogP contribution in [-0.2, 0) is 4.79 Å². The van der Waals surface area contributed by atoms with Crippen molar-refractivity contribution in [3.8, 4) is 0 Å². The summed E-state index contributed by atoms with van der Waals surface area (Å²) in [5.74, 6) is 1.94. The first-order valence-corrected chi connectivity index (χ1v) is 6.87. The Bertz CT molecular complexity index is 447. The van der Waals surface area contributed by atoms with Crippen LogP contribution in [0.4, 0.5) is 5.82 Å². The third-order valence-corrected chi connectivity index (χ3v) is 3.63. The maximum Gasteiger partial charge on any atom is 0.220 e. The minimum atomic E-state index is 0.123. The lowest BCUT2D eigenvalue weighted by Gasteiger charge is -2.18. The highest BCUT2D eigenvalue weighted by Crippen LogP contribution is 2.25. The molecule has 1 saturated heterocycles. The lowest BCUT2D eigenvalue weighted by molar-refractivity contribution is -0.121. The maximum atomic E-state index is 11.4. The fraction of sp³-hybridized carbons (Fsp3) is 0.643. The Hall–Kier alpha value is -1.65. The van der Waals surface area contributed by atoms with E-state index in [0.29, 0.717) is 18.3 Å². The highest BCUT2D eigenvalue weighted by molar-refractivity contribution is 5.75. The first kappa shape index (κ1) is 13.8. The number of rotatable bonds is 4. The van der Waals surface area contributed by atoms with Gasteiger partial charge < -0.3 is 10.2 Å². The Balaban J connectivity index is 2.00. The predicted octanol–water partition coefficient (Wildman–Crippen LogP) is 1.56. The van der Waals surface area contributed by atoms with Crippen molar-refractivity contribution in [3.63, 3.8) is 0 Å². The lowest BCUT2D eigenvalue weighted by Crippen LogP contribution is -2.25. The predicted molar refractivity (Wildman–Crippen MR) is 75.1 cm³/mol. The minimum Gasteiger partial charge on any atom is -0.359 e. The van der Waals surface area contributed by atoms with Gasteiger partial charge in [-0.1, -0.05) is 13.8 Å². The number of nitrogens with one attached hydrogen (secondary N) is 1. The molecular weight excluding hydrogens is 240 g/mol. The van der Waals surface area contributed by atoms with E-state index in [2.05, 4.69) is 40.1 Å². The van der Waals surface area contributed by atoms with Gasteiger partial charge in [-0.05, 0) is 18.3 Å². The van der Waals surface area contributed by atoms with Crippen molar-refractivity contribution in [2.75, 3.05) is 25.0 Å². The fourth-order valence-electron chi connectivity index (χ4n) is 2.42. The van der Waals surface area contributed by atoms with Gasteiger partial charge in [0, 0.05) is 38.3 Å². The molecule has 0 aromatic carbocycles. The SMILES string of the molecule is CNC(=O)CC1CCN(c2cc(C(C)C)ncn2)C1. The van der Waals surface area contributed by atoms with Crippen molar-refractivity contribution >= 4 is 11.7 Å². The summed E-state index contributed by atoms with van der Waals surface area (Å²) in [6.07, 6.45) is 3.29. The molecule has 1 fully saturated rings. The van der Waals surface area contributed by atoms with E-state index in [0.717, 1.165) is 31.0 Å². The van der Waals surface area contributed by atoms with Gasteiger partial charge in [0.1, 0.15) is 12.1 Å². The molecular formula is C14H22N4O. The van der Waals surface area contributed by atoms with Crippen LogP contribution in [0.2, 0.25) is 0 Å². The topological polar surface area (TPSA) is 58.1 Å². The van der Waals surface area contributed by atoms with E-state index in [-0.39, 0.29) is 5.91 Å². The van der Waals surface area contributed by atoms with Gasteiger partial charge in [-0.3, -0.25) is 4.79 Å². The van der Waals surface area contributed by atoms with Crippen molar-refractivity contribution < 1.29 is 4.79 Å². The number of carbonyl (C=O) groups is 1. The van der Waals surface area contributed by atoms with Crippen molar-refractivity contribution in [1.82, 2.24) is 15.3 Å². The van der Waals surface area contributed by atoms with E-state index in [9.17, 15) is 4.79 Å². The quantitative estimate of drug-likeness (QED) is 0.894. The number of hydrogen-bond acceptors (Lipinski definition) is 4. The van der Waals surface area contributed by atoms with Gasteiger partial charge in [0.05, 0.1) is 0 Å². The molecule has 1 atom stereocenters. The lowest BCUT2D eigenvalue weighted by atomic mass is 10.0. The number of nitrogens with zero attached hydrogens (tertiary/aromatic N) is 3. The number of hydrogen-bond donors (Lipinski definition) is 1. The monoisotopic (exact) mass is 262 g/mol. The third kappa shape index (κ3) is 3.43. The second-order valence-corrected chi connectivity index (χ2v) is 5.43. The second kappa shape index (κ2) is 5.99. The van der Waals surface area contributed by atoms with Crippen LogP contribution in [0, 0.1) is 5.92 Å². The molecule has 1 amide bonds. The largest absolute Gasteiger partial charge is 0.359 e. The number of anilines is 1. The Morgan fingerprint density at radius 3 is 3.00 bits per heavy atom. The summed E-state index contributed by atoms with van der Waals surface area (Å²) >= 11 is 0. The molecule has 0 aliphatic carbocycles. The van der Waals surface area contributed by atoms with Gasteiger partial charge >= 0.3 is 0 Å². The molecule has 0 bridgehead atoms. The first-order chi connectivity index (χ1) is 9.10. The first-order valence-electron chi connectivity index (χ1n) is 6.87. The Morgan fingerprint density at radius 1 is 1.53 bits per heavy atom. The van der Waals surface area contributed by atoms with Crippen molar-refractivity contribution in [2.24, 2.45) is 5.92 Å². The van der Waals surface area contributed by atoms with Gasteiger partial charge in [-0.15, -0.1) is 0 Å². The Labute approximate surface area is 114 Å².